The van der Waals surface area contributed by atoms with Crippen LogP contribution in [0, 0.1) is 19.8 Å². The minimum absolute atomic E-state index is 0.162. The van der Waals surface area contributed by atoms with Crippen LogP contribution in [0.3, 0.4) is 0 Å². The second kappa shape index (κ2) is 7.73. The van der Waals surface area contributed by atoms with Gasteiger partial charge in [0.2, 0.25) is 10.0 Å². The van der Waals surface area contributed by atoms with Crippen LogP contribution in [0.5, 0.6) is 0 Å². The number of imidazole rings is 1. The summed E-state index contributed by atoms with van der Waals surface area (Å²) in [6.45, 7) is 8.95. The molecule has 3 rings (SSSR count). The number of rotatable bonds is 6. The van der Waals surface area contributed by atoms with Gasteiger partial charge in [-0.1, -0.05) is 13.8 Å². The van der Waals surface area contributed by atoms with Gasteiger partial charge in [0.25, 0.3) is 0 Å². The molecule has 0 radical (unpaired) electrons. The average Bonchev–Trinajstić information content (AvgIpc) is 3.10. The number of nitrogens with one attached hydrogen (secondary N) is 1. The molecular weight excluding hydrogens is 366 g/mol. The summed E-state index contributed by atoms with van der Waals surface area (Å²) in [5.41, 5.74) is 2.18. The molecule has 1 aliphatic rings. The number of hydrogen-bond donors (Lipinski definition) is 1. The van der Waals surface area contributed by atoms with Crippen molar-refractivity contribution in [2.45, 2.75) is 64.1 Å². The molecule has 8 nitrogen and oxygen atoms in total. The molecule has 1 aliphatic heterocycles. The smallest absolute Gasteiger partial charge is 0.244 e. The van der Waals surface area contributed by atoms with Gasteiger partial charge in [-0.05, 0) is 32.6 Å². The number of aryl methyl sites for hydroxylation is 2. The predicted octanol–water partition coefficient (Wildman–Crippen LogP) is 2.09. The first-order chi connectivity index (χ1) is 12.7. The van der Waals surface area contributed by atoms with E-state index in [1.54, 1.807) is 24.1 Å². The van der Waals surface area contributed by atoms with E-state index in [1.807, 2.05) is 18.5 Å². The molecule has 1 fully saturated rings. The molecule has 1 N–H and O–H groups in total. The van der Waals surface area contributed by atoms with Crippen molar-refractivity contribution in [2.75, 3.05) is 6.61 Å². The first kappa shape index (κ1) is 20.0. The standard InChI is InChI=1S/C18H29N5O3S/c1-12(2)10-23-14(4)18(13(3)20-23)27(24,25)21-15-6-7-26-17(8-15)16-9-19-11-22(16)5/h9,11-12,15,17,21H,6-8,10H2,1-5H3. The van der Waals surface area contributed by atoms with Crippen molar-refractivity contribution in [2.24, 2.45) is 13.0 Å². The first-order valence-electron chi connectivity index (χ1n) is 9.33. The van der Waals surface area contributed by atoms with Gasteiger partial charge in [0.15, 0.2) is 0 Å². The third kappa shape index (κ3) is 4.25. The second-order valence-electron chi connectivity index (χ2n) is 7.71. The summed E-state index contributed by atoms with van der Waals surface area (Å²) >= 11 is 0. The van der Waals surface area contributed by atoms with E-state index in [4.69, 9.17) is 4.74 Å². The zero-order valence-corrected chi connectivity index (χ0v) is 17.5. The van der Waals surface area contributed by atoms with Gasteiger partial charge in [-0.3, -0.25) is 4.68 Å². The first-order valence-corrected chi connectivity index (χ1v) is 10.8. The van der Waals surface area contributed by atoms with E-state index in [9.17, 15) is 8.42 Å². The van der Waals surface area contributed by atoms with Crippen molar-refractivity contribution in [1.82, 2.24) is 24.1 Å². The van der Waals surface area contributed by atoms with Gasteiger partial charge in [-0.2, -0.15) is 5.10 Å². The Morgan fingerprint density at radius 1 is 1.37 bits per heavy atom. The van der Waals surface area contributed by atoms with E-state index in [-0.39, 0.29) is 12.1 Å². The maximum absolute atomic E-state index is 13.1. The van der Waals surface area contributed by atoms with E-state index in [0.717, 1.165) is 5.69 Å². The molecule has 0 aliphatic carbocycles. The van der Waals surface area contributed by atoms with Crippen molar-refractivity contribution in [1.29, 1.82) is 0 Å². The topological polar surface area (TPSA) is 91.0 Å². The van der Waals surface area contributed by atoms with Gasteiger partial charge in [0, 0.05) is 26.2 Å². The quantitative estimate of drug-likeness (QED) is 0.809. The molecule has 0 amide bonds. The normalized spacial score (nSPS) is 21.1. The van der Waals surface area contributed by atoms with Crippen LogP contribution in [0.1, 0.15) is 49.9 Å². The lowest BCUT2D eigenvalue weighted by Gasteiger charge is -2.30. The molecular formula is C18H29N5O3S. The van der Waals surface area contributed by atoms with Crippen LogP contribution in [0.4, 0.5) is 0 Å². The highest BCUT2D eigenvalue weighted by atomic mass is 32.2. The van der Waals surface area contributed by atoms with Crippen LogP contribution in [0.25, 0.3) is 0 Å². The highest BCUT2D eigenvalue weighted by Gasteiger charge is 2.32. The minimum Gasteiger partial charge on any atom is -0.372 e. The molecule has 0 aromatic carbocycles. The van der Waals surface area contributed by atoms with Gasteiger partial charge in [0.1, 0.15) is 11.0 Å². The van der Waals surface area contributed by atoms with E-state index in [1.165, 1.54) is 0 Å². The molecule has 9 heteroatoms. The molecule has 0 spiro atoms. The summed E-state index contributed by atoms with van der Waals surface area (Å²) in [5, 5.41) is 4.44. The maximum Gasteiger partial charge on any atom is 0.244 e. The van der Waals surface area contributed by atoms with Crippen LogP contribution >= 0.6 is 0 Å². The molecule has 1 saturated heterocycles. The Hall–Kier alpha value is -1.71. The van der Waals surface area contributed by atoms with Gasteiger partial charge in [0.05, 0.1) is 29.6 Å². The highest BCUT2D eigenvalue weighted by Crippen LogP contribution is 2.29. The van der Waals surface area contributed by atoms with Crippen LogP contribution in [0.15, 0.2) is 17.4 Å². The fourth-order valence-corrected chi connectivity index (χ4v) is 5.35. The zero-order valence-electron chi connectivity index (χ0n) is 16.6. The van der Waals surface area contributed by atoms with Crippen LogP contribution < -0.4 is 4.72 Å². The Labute approximate surface area is 161 Å². The Morgan fingerprint density at radius 3 is 2.74 bits per heavy atom. The van der Waals surface area contributed by atoms with Gasteiger partial charge >= 0.3 is 0 Å². The molecule has 2 atom stereocenters. The van der Waals surface area contributed by atoms with Crippen molar-refractivity contribution in [3.8, 4) is 0 Å². The number of nitrogens with zero attached hydrogens (tertiary/aromatic N) is 4. The zero-order chi connectivity index (χ0) is 19.8. The second-order valence-corrected chi connectivity index (χ2v) is 9.36. The van der Waals surface area contributed by atoms with E-state index in [0.29, 0.717) is 48.2 Å². The number of ether oxygens (including phenoxy) is 1. The molecule has 2 aromatic rings. The molecule has 0 bridgehead atoms. The lowest BCUT2D eigenvalue weighted by molar-refractivity contribution is -0.0000459. The maximum atomic E-state index is 13.1. The van der Waals surface area contributed by atoms with Crippen molar-refractivity contribution in [3.05, 3.63) is 29.6 Å². The molecule has 2 unspecified atom stereocenters. The minimum atomic E-state index is -3.65. The van der Waals surface area contributed by atoms with Gasteiger partial charge < -0.3 is 9.30 Å². The molecule has 2 aromatic heterocycles. The summed E-state index contributed by atoms with van der Waals surface area (Å²) in [4.78, 5) is 4.42. The largest absolute Gasteiger partial charge is 0.372 e. The number of sulfonamides is 1. The third-order valence-electron chi connectivity index (χ3n) is 4.91. The van der Waals surface area contributed by atoms with Crippen LogP contribution in [0.2, 0.25) is 0 Å². The fourth-order valence-electron chi connectivity index (χ4n) is 3.66. The summed E-state index contributed by atoms with van der Waals surface area (Å²) in [6, 6.07) is -0.184. The van der Waals surface area contributed by atoms with Crippen molar-refractivity contribution >= 4 is 10.0 Å². The Bertz CT molecular complexity index is 900. The fraction of sp³-hybridized carbons (Fsp3) is 0.667. The van der Waals surface area contributed by atoms with Crippen molar-refractivity contribution < 1.29 is 13.2 Å². The van der Waals surface area contributed by atoms with E-state index in [2.05, 4.69) is 28.7 Å². The lowest BCUT2D eigenvalue weighted by atomic mass is 10.0. The van der Waals surface area contributed by atoms with Gasteiger partial charge in [-0.25, -0.2) is 18.1 Å². The highest BCUT2D eigenvalue weighted by molar-refractivity contribution is 7.89. The van der Waals surface area contributed by atoms with Crippen molar-refractivity contribution in [3.63, 3.8) is 0 Å². The summed E-state index contributed by atoms with van der Waals surface area (Å²) < 4.78 is 38.6. The monoisotopic (exact) mass is 395 g/mol. The molecule has 27 heavy (non-hydrogen) atoms. The summed E-state index contributed by atoms with van der Waals surface area (Å²) in [6.07, 6.45) is 4.56. The Kier molecular flexibility index (Phi) is 5.73. The number of hydrogen-bond acceptors (Lipinski definition) is 5. The summed E-state index contributed by atoms with van der Waals surface area (Å²) in [7, 11) is -1.74. The molecule has 0 saturated carbocycles. The van der Waals surface area contributed by atoms with Gasteiger partial charge in [-0.15, -0.1) is 0 Å². The van der Waals surface area contributed by atoms with E-state index < -0.39 is 10.0 Å². The summed E-state index contributed by atoms with van der Waals surface area (Å²) in [5.74, 6) is 0.390. The SMILES string of the molecule is Cc1nn(CC(C)C)c(C)c1S(=O)(=O)NC1CCOC(c2cncn2C)C1. The predicted molar refractivity (Wildman–Crippen MR) is 102 cm³/mol. The Morgan fingerprint density at radius 2 is 2.11 bits per heavy atom. The van der Waals surface area contributed by atoms with Crippen LogP contribution in [-0.2, 0) is 28.4 Å². The Balaban J connectivity index is 1.78. The average molecular weight is 396 g/mol. The molecule has 150 valence electrons. The third-order valence-corrected chi connectivity index (χ3v) is 6.68. The number of aromatic nitrogens is 4. The molecule has 3 heterocycles. The lowest BCUT2D eigenvalue weighted by Crippen LogP contribution is -2.40. The van der Waals surface area contributed by atoms with E-state index >= 15 is 0 Å². The van der Waals surface area contributed by atoms with Crippen LogP contribution in [-0.4, -0.2) is 40.4 Å².